The summed E-state index contributed by atoms with van der Waals surface area (Å²) in [6.45, 7) is 4.28. The number of cyclic esters (lactones) is 1. The van der Waals surface area contributed by atoms with Crippen LogP contribution in [0.3, 0.4) is 0 Å². The van der Waals surface area contributed by atoms with Crippen molar-refractivity contribution < 1.29 is 28.5 Å². The number of hydrogen-bond donors (Lipinski definition) is 0. The van der Waals surface area contributed by atoms with E-state index >= 15 is 0 Å². The molecule has 2 aromatic carbocycles. The number of carbonyl (C=O) groups is 1. The second-order valence-corrected chi connectivity index (χ2v) is 7.22. The topological polar surface area (TPSA) is 63.2 Å². The van der Waals surface area contributed by atoms with Crippen LogP contribution in [0.1, 0.15) is 22.8 Å². The molecule has 0 saturated carbocycles. The van der Waals surface area contributed by atoms with E-state index in [4.69, 9.17) is 23.7 Å². The van der Waals surface area contributed by atoms with Gasteiger partial charge in [0.25, 0.3) is 0 Å². The Labute approximate surface area is 157 Å². The van der Waals surface area contributed by atoms with Crippen molar-refractivity contribution in [2.24, 2.45) is 5.41 Å². The number of hydrogen-bond acceptors (Lipinski definition) is 6. The van der Waals surface area contributed by atoms with Gasteiger partial charge in [0.2, 0.25) is 5.75 Å². The van der Waals surface area contributed by atoms with Crippen molar-refractivity contribution >= 4 is 5.97 Å². The van der Waals surface area contributed by atoms with E-state index in [2.05, 4.69) is 6.92 Å². The number of benzene rings is 2. The second kappa shape index (κ2) is 6.78. The lowest BCUT2D eigenvalue weighted by molar-refractivity contribution is -0.120. The molecule has 0 N–H and O–H groups in total. The molecule has 0 aromatic heterocycles. The van der Waals surface area contributed by atoms with E-state index in [1.165, 1.54) is 0 Å². The van der Waals surface area contributed by atoms with Gasteiger partial charge in [0, 0.05) is 16.5 Å². The third-order valence-corrected chi connectivity index (χ3v) is 4.96. The molecule has 2 aromatic rings. The van der Waals surface area contributed by atoms with E-state index in [9.17, 15) is 4.79 Å². The summed E-state index contributed by atoms with van der Waals surface area (Å²) in [6, 6.07) is 9.42. The van der Waals surface area contributed by atoms with E-state index < -0.39 is 0 Å². The SMILES string of the molecule is COc1ccc(-c2ccc3c(c2)COC3=O)c(OC)c1OCC1(C)COC1. The third-order valence-electron chi connectivity index (χ3n) is 4.96. The minimum Gasteiger partial charge on any atom is -0.493 e. The molecule has 0 bridgehead atoms. The van der Waals surface area contributed by atoms with Gasteiger partial charge in [-0.1, -0.05) is 13.0 Å². The number of rotatable bonds is 6. The normalized spacial score (nSPS) is 16.9. The Kier molecular flexibility index (Phi) is 4.44. The molecule has 0 amide bonds. The Hall–Kier alpha value is -2.73. The van der Waals surface area contributed by atoms with Crippen LogP contribution in [-0.2, 0) is 16.1 Å². The maximum atomic E-state index is 11.7. The number of carbonyl (C=O) groups excluding carboxylic acids is 1. The Balaban J connectivity index is 1.72. The quantitative estimate of drug-likeness (QED) is 0.726. The fourth-order valence-corrected chi connectivity index (χ4v) is 3.35. The molecular formula is C21H22O6. The van der Waals surface area contributed by atoms with Gasteiger partial charge in [-0.25, -0.2) is 4.79 Å². The molecule has 4 rings (SSSR count). The lowest BCUT2D eigenvalue weighted by Gasteiger charge is -2.37. The minimum absolute atomic E-state index is 0.00268. The summed E-state index contributed by atoms with van der Waals surface area (Å²) in [5.41, 5.74) is 3.27. The molecule has 0 atom stereocenters. The highest BCUT2D eigenvalue weighted by atomic mass is 16.5. The van der Waals surface area contributed by atoms with Gasteiger partial charge in [-0.3, -0.25) is 0 Å². The average Bonchev–Trinajstić information content (AvgIpc) is 3.04. The van der Waals surface area contributed by atoms with Crippen molar-refractivity contribution in [3.05, 3.63) is 41.5 Å². The number of methoxy groups -OCH3 is 2. The van der Waals surface area contributed by atoms with Crippen molar-refractivity contribution in [2.75, 3.05) is 34.0 Å². The first kappa shape index (κ1) is 17.7. The zero-order valence-electron chi connectivity index (χ0n) is 15.7. The smallest absolute Gasteiger partial charge is 0.338 e. The predicted octanol–water partition coefficient (Wildman–Crippen LogP) is 3.46. The fraction of sp³-hybridized carbons (Fsp3) is 0.381. The van der Waals surface area contributed by atoms with Crippen molar-refractivity contribution in [3.8, 4) is 28.4 Å². The van der Waals surface area contributed by atoms with Crippen LogP contribution in [0.25, 0.3) is 11.1 Å². The fourth-order valence-electron chi connectivity index (χ4n) is 3.35. The summed E-state index contributed by atoms with van der Waals surface area (Å²) in [6.07, 6.45) is 0. The molecule has 27 heavy (non-hydrogen) atoms. The largest absolute Gasteiger partial charge is 0.493 e. The van der Waals surface area contributed by atoms with Crippen LogP contribution in [0, 0.1) is 5.41 Å². The van der Waals surface area contributed by atoms with E-state index in [0.29, 0.717) is 49.2 Å². The van der Waals surface area contributed by atoms with Gasteiger partial charge in [-0.2, -0.15) is 0 Å². The molecule has 2 aliphatic rings. The maximum Gasteiger partial charge on any atom is 0.338 e. The molecule has 6 nitrogen and oxygen atoms in total. The van der Waals surface area contributed by atoms with E-state index in [0.717, 1.165) is 16.7 Å². The lowest BCUT2D eigenvalue weighted by atomic mass is 9.90. The second-order valence-electron chi connectivity index (χ2n) is 7.22. The number of esters is 1. The van der Waals surface area contributed by atoms with Gasteiger partial charge >= 0.3 is 5.97 Å². The molecule has 0 aliphatic carbocycles. The Morgan fingerprint density at radius 1 is 1.04 bits per heavy atom. The van der Waals surface area contributed by atoms with Crippen LogP contribution in [0.15, 0.2) is 30.3 Å². The molecule has 0 spiro atoms. The van der Waals surface area contributed by atoms with Crippen molar-refractivity contribution in [1.29, 1.82) is 0 Å². The zero-order chi connectivity index (χ0) is 19.0. The minimum atomic E-state index is -0.279. The van der Waals surface area contributed by atoms with Crippen LogP contribution < -0.4 is 14.2 Å². The molecule has 1 fully saturated rings. The lowest BCUT2D eigenvalue weighted by Crippen LogP contribution is -2.44. The highest BCUT2D eigenvalue weighted by Gasteiger charge is 2.35. The van der Waals surface area contributed by atoms with E-state index in [1.54, 1.807) is 20.3 Å². The summed E-state index contributed by atoms with van der Waals surface area (Å²) in [5, 5.41) is 0. The first-order valence-corrected chi connectivity index (χ1v) is 8.80. The van der Waals surface area contributed by atoms with Crippen LogP contribution in [0.2, 0.25) is 0 Å². The molecular weight excluding hydrogens is 348 g/mol. The van der Waals surface area contributed by atoms with Gasteiger partial charge in [-0.05, 0) is 29.8 Å². The van der Waals surface area contributed by atoms with Gasteiger partial charge in [-0.15, -0.1) is 0 Å². The van der Waals surface area contributed by atoms with Crippen molar-refractivity contribution in [3.63, 3.8) is 0 Å². The first-order valence-electron chi connectivity index (χ1n) is 8.80. The van der Waals surface area contributed by atoms with Gasteiger partial charge in [0.15, 0.2) is 11.5 Å². The molecule has 0 unspecified atom stereocenters. The van der Waals surface area contributed by atoms with Crippen LogP contribution in [0.5, 0.6) is 17.2 Å². The summed E-state index contributed by atoms with van der Waals surface area (Å²) in [4.78, 5) is 11.7. The predicted molar refractivity (Wildman–Crippen MR) is 98.5 cm³/mol. The third kappa shape index (κ3) is 3.10. The molecule has 1 saturated heterocycles. The highest BCUT2D eigenvalue weighted by molar-refractivity contribution is 5.94. The first-order chi connectivity index (χ1) is 13.0. The Bertz CT molecular complexity index is 884. The number of ether oxygens (including phenoxy) is 5. The molecule has 2 aliphatic heterocycles. The summed E-state index contributed by atoms with van der Waals surface area (Å²) < 4.78 is 27.7. The monoisotopic (exact) mass is 370 g/mol. The van der Waals surface area contributed by atoms with E-state index in [1.807, 2.05) is 24.3 Å². The van der Waals surface area contributed by atoms with Gasteiger partial charge in [0.05, 0.1) is 39.6 Å². The van der Waals surface area contributed by atoms with Crippen molar-refractivity contribution in [2.45, 2.75) is 13.5 Å². The Morgan fingerprint density at radius 3 is 2.48 bits per heavy atom. The zero-order valence-corrected chi connectivity index (χ0v) is 15.7. The van der Waals surface area contributed by atoms with Crippen LogP contribution in [-0.4, -0.2) is 40.0 Å². The maximum absolute atomic E-state index is 11.7. The summed E-state index contributed by atoms with van der Waals surface area (Å²) >= 11 is 0. The number of fused-ring (bicyclic) bond motifs is 1. The molecule has 6 heteroatoms. The molecule has 2 heterocycles. The summed E-state index contributed by atoms with van der Waals surface area (Å²) in [5.74, 6) is 1.50. The summed E-state index contributed by atoms with van der Waals surface area (Å²) in [7, 11) is 3.22. The molecule has 142 valence electrons. The average molecular weight is 370 g/mol. The standard InChI is InChI=1S/C21H22O6/c1-21(10-25-11-21)12-27-19-17(23-2)7-6-15(18(19)24-3)13-4-5-16-14(8-13)9-26-20(16)22/h4-8H,9-12H2,1-3H3. The molecule has 0 radical (unpaired) electrons. The highest BCUT2D eigenvalue weighted by Crippen LogP contribution is 2.45. The Morgan fingerprint density at radius 2 is 1.81 bits per heavy atom. The van der Waals surface area contributed by atoms with Crippen molar-refractivity contribution in [1.82, 2.24) is 0 Å². The van der Waals surface area contributed by atoms with Gasteiger partial charge in [0.1, 0.15) is 6.61 Å². The van der Waals surface area contributed by atoms with E-state index in [-0.39, 0.29) is 11.4 Å². The van der Waals surface area contributed by atoms with Crippen LogP contribution in [0.4, 0.5) is 0 Å². The van der Waals surface area contributed by atoms with Gasteiger partial charge < -0.3 is 23.7 Å². The van der Waals surface area contributed by atoms with Crippen LogP contribution >= 0.6 is 0 Å².